The Morgan fingerprint density at radius 3 is 3.00 bits per heavy atom. The Bertz CT molecular complexity index is 246. The Hall–Kier alpha value is -0.190. The van der Waals surface area contributed by atoms with Crippen LogP contribution in [0.1, 0.15) is 17.3 Å². The van der Waals surface area contributed by atoms with Crippen molar-refractivity contribution in [2.75, 3.05) is 13.2 Å². The van der Waals surface area contributed by atoms with Crippen molar-refractivity contribution in [1.82, 2.24) is 10.2 Å². The highest BCUT2D eigenvalue weighted by Crippen LogP contribution is 2.28. The second kappa shape index (κ2) is 3.05. The SMILES string of the molecule is Clc1nnc(C2CCOC2)s1. The summed E-state index contributed by atoms with van der Waals surface area (Å²) in [6.45, 7) is 1.60. The molecule has 0 spiro atoms. The molecule has 1 aliphatic heterocycles. The van der Waals surface area contributed by atoms with Crippen molar-refractivity contribution in [3.63, 3.8) is 0 Å². The standard InChI is InChI=1S/C6H7ClN2OS/c7-6-9-8-5(11-6)4-1-2-10-3-4/h4H,1-3H2. The van der Waals surface area contributed by atoms with Gasteiger partial charge in [0.05, 0.1) is 6.61 Å². The molecule has 11 heavy (non-hydrogen) atoms. The Morgan fingerprint density at radius 1 is 1.55 bits per heavy atom. The number of hydrogen-bond acceptors (Lipinski definition) is 4. The van der Waals surface area contributed by atoms with Crippen LogP contribution < -0.4 is 0 Å². The van der Waals surface area contributed by atoms with Crippen molar-refractivity contribution in [2.24, 2.45) is 0 Å². The molecule has 1 unspecified atom stereocenters. The van der Waals surface area contributed by atoms with Gasteiger partial charge < -0.3 is 4.74 Å². The summed E-state index contributed by atoms with van der Waals surface area (Å²) in [5, 5.41) is 8.70. The number of ether oxygens (including phenoxy) is 1. The van der Waals surface area contributed by atoms with Gasteiger partial charge in [0, 0.05) is 12.5 Å². The quantitative estimate of drug-likeness (QED) is 0.676. The van der Waals surface area contributed by atoms with Crippen LogP contribution in [0.25, 0.3) is 0 Å². The first-order chi connectivity index (χ1) is 5.36. The summed E-state index contributed by atoms with van der Waals surface area (Å²) in [5.74, 6) is 0.431. The third-order valence-electron chi connectivity index (χ3n) is 1.69. The molecule has 0 aliphatic carbocycles. The molecule has 0 saturated carbocycles. The summed E-state index contributed by atoms with van der Waals surface area (Å²) in [4.78, 5) is 0. The van der Waals surface area contributed by atoms with E-state index in [9.17, 15) is 0 Å². The van der Waals surface area contributed by atoms with Crippen molar-refractivity contribution in [2.45, 2.75) is 12.3 Å². The molecule has 60 valence electrons. The Morgan fingerprint density at radius 2 is 2.45 bits per heavy atom. The summed E-state index contributed by atoms with van der Waals surface area (Å²) in [5.41, 5.74) is 0. The van der Waals surface area contributed by atoms with Crippen molar-refractivity contribution in [3.05, 3.63) is 9.47 Å². The number of rotatable bonds is 1. The van der Waals surface area contributed by atoms with Gasteiger partial charge in [0.15, 0.2) is 0 Å². The van der Waals surface area contributed by atoms with E-state index < -0.39 is 0 Å². The zero-order chi connectivity index (χ0) is 7.68. The number of hydrogen-bond donors (Lipinski definition) is 0. The molecular weight excluding hydrogens is 184 g/mol. The Kier molecular flexibility index (Phi) is 2.07. The van der Waals surface area contributed by atoms with Crippen LogP contribution in [0.5, 0.6) is 0 Å². The average molecular weight is 191 g/mol. The number of aromatic nitrogens is 2. The first kappa shape index (κ1) is 7.46. The van der Waals surface area contributed by atoms with Crippen LogP contribution in [0.2, 0.25) is 4.47 Å². The van der Waals surface area contributed by atoms with Gasteiger partial charge in [0.1, 0.15) is 5.01 Å². The zero-order valence-corrected chi connectivity index (χ0v) is 7.36. The molecule has 1 aromatic rings. The molecule has 3 nitrogen and oxygen atoms in total. The fourth-order valence-electron chi connectivity index (χ4n) is 1.11. The third-order valence-corrected chi connectivity index (χ3v) is 2.88. The van der Waals surface area contributed by atoms with Gasteiger partial charge in [0.25, 0.3) is 0 Å². The fourth-order valence-corrected chi connectivity index (χ4v) is 2.07. The van der Waals surface area contributed by atoms with Gasteiger partial charge >= 0.3 is 0 Å². The molecule has 0 bridgehead atoms. The second-order valence-electron chi connectivity index (χ2n) is 2.45. The summed E-state index contributed by atoms with van der Waals surface area (Å²) in [7, 11) is 0. The molecule has 1 saturated heterocycles. The van der Waals surface area contributed by atoms with E-state index in [4.69, 9.17) is 16.3 Å². The van der Waals surface area contributed by atoms with Crippen LogP contribution in [-0.2, 0) is 4.74 Å². The topological polar surface area (TPSA) is 35.0 Å². The lowest BCUT2D eigenvalue weighted by molar-refractivity contribution is 0.194. The zero-order valence-electron chi connectivity index (χ0n) is 5.79. The van der Waals surface area contributed by atoms with Crippen LogP contribution in [-0.4, -0.2) is 23.4 Å². The van der Waals surface area contributed by atoms with Crippen molar-refractivity contribution >= 4 is 22.9 Å². The van der Waals surface area contributed by atoms with Gasteiger partial charge in [-0.1, -0.05) is 11.3 Å². The molecule has 5 heteroatoms. The smallest absolute Gasteiger partial charge is 0.207 e. The Labute approximate surface area is 73.4 Å². The van der Waals surface area contributed by atoms with Gasteiger partial charge in [-0.3, -0.25) is 0 Å². The molecule has 1 aromatic heterocycles. The fraction of sp³-hybridized carbons (Fsp3) is 0.667. The summed E-state index contributed by atoms with van der Waals surface area (Å²) in [6.07, 6.45) is 1.05. The van der Waals surface area contributed by atoms with E-state index in [1.807, 2.05) is 0 Å². The van der Waals surface area contributed by atoms with Crippen LogP contribution in [0.4, 0.5) is 0 Å². The Balaban J connectivity index is 2.15. The average Bonchev–Trinajstić information content (AvgIpc) is 2.55. The highest BCUT2D eigenvalue weighted by atomic mass is 35.5. The van der Waals surface area contributed by atoms with Gasteiger partial charge in [-0.25, -0.2) is 0 Å². The maximum absolute atomic E-state index is 5.64. The van der Waals surface area contributed by atoms with Gasteiger partial charge in [-0.15, -0.1) is 10.2 Å². The highest BCUT2D eigenvalue weighted by molar-refractivity contribution is 7.15. The lowest BCUT2D eigenvalue weighted by Gasteiger charge is -1.98. The van der Waals surface area contributed by atoms with Crippen LogP contribution >= 0.6 is 22.9 Å². The normalized spacial score (nSPS) is 24.3. The minimum absolute atomic E-state index is 0.431. The molecular formula is C6H7ClN2OS. The maximum Gasteiger partial charge on any atom is 0.207 e. The molecule has 0 amide bonds. The molecule has 0 N–H and O–H groups in total. The van der Waals surface area contributed by atoms with Crippen molar-refractivity contribution in [3.8, 4) is 0 Å². The molecule has 2 rings (SSSR count). The van der Waals surface area contributed by atoms with Crippen molar-refractivity contribution < 1.29 is 4.74 Å². The van der Waals surface area contributed by atoms with E-state index in [0.29, 0.717) is 10.4 Å². The van der Waals surface area contributed by atoms with Gasteiger partial charge in [-0.05, 0) is 18.0 Å². The predicted octanol–water partition coefficient (Wildman–Crippen LogP) is 1.70. The van der Waals surface area contributed by atoms with Crippen molar-refractivity contribution in [1.29, 1.82) is 0 Å². The molecule has 1 aliphatic rings. The van der Waals surface area contributed by atoms with Crippen LogP contribution in [0.3, 0.4) is 0 Å². The van der Waals surface area contributed by atoms with E-state index in [2.05, 4.69) is 10.2 Å². The minimum atomic E-state index is 0.431. The molecule has 0 aromatic carbocycles. The van der Waals surface area contributed by atoms with E-state index >= 15 is 0 Å². The van der Waals surface area contributed by atoms with E-state index in [1.165, 1.54) is 11.3 Å². The maximum atomic E-state index is 5.64. The third kappa shape index (κ3) is 1.52. The van der Waals surface area contributed by atoms with Crippen LogP contribution in [0, 0.1) is 0 Å². The largest absolute Gasteiger partial charge is 0.381 e. The summed E-state index contributed by atoms with van der Waals surface area (Å²) < 4.78 is 5.74. The number of nitrogens with zero attached hydrogens (tertiary/aromatic N) is 2. The summed E-state index contributed by atoms with van der Waals surface area (Å²) >= 11 is 7.09. The van der Waals surface area contributed by atoms with Gasteiger partial charge in [-0.2, -0.15) is 0 Å². The molecule has 0 radical (unpaired) electrons. The van der Waals surface area contributed by atoms with Gasteiger partial charge in [0.2, 0.25) is 4.47 Å². The lowest BCUT2D eigenvalue weighted by Crippen LogP contribution is -1.95. The van der Waals surface area contributed by atoms with E-state index in [0.717, 1.165) is 24.6 Å². The van der Waals surface area contributed by atoms with Crippen LogP contribution in [0.15, 0.2) is 0 Å². The summed E-state index contributed by atoms with van der Waals surface area (Å²) in [6, 6.07) is 0. The molecule has 1 atom stereocenters. The second-order valence-corrected chi connectivity index (χ2v) is 4.04. The highest BCUT2D eigenvalue weighted by Gasteiger charge is 2.21. The van der Waals surface area contributed by atoms with E-state index in [1.54, 1.807) is 0 Å². The monoisotopic (exact) mass is 190 g/mol. The number of halogens is 1. The minimum Gasteiger partial charge on any atom is -0.381 e. The first-order valence-corrected chi connectivity index (χ1v) is 4.62. The van der Waals surface area contributed by atoms with E-state index in [-0.39, 0.29) is 0 Å². The first-order valence-electron chi connectivity index (χ1n) is 3.43. The molecule has 1 fully saturated rings. The predicted molar refractivity (Wildman–Crippen MR) is 43.1 cm³/mol. The lowest BCUT2D eigenvalue weighted by atomic mass is 10.1. The molecule has 2 heterocycles.